The number of fused-ring (bicyclic) bond motifs is 2. The fraction of sp³-hybridized carbons (Fsp3) is 0. The van der Waals surface area contributed by atoms with Crippen LogP contribution in [0.15, 0.2) is 42.5 Å². The Balaban J connectivity index is 0.00000147. The molecule has 0 spiro atoms. The highest BCUT2D eigenvalue weighted by Gasteiger charge is 2.23. The maximum Gasteiger partial charge on any atom is 0.270 e. The van der Waals surface area contributed by atoms with Crippen molar-refractivity contribution in [2.24, 2.45) is 0 Å². The van der Waals surface area contributed by atoms with Crippen LogP contribution in [-0.2, 0) is 0 Å². The number of para-hydroxylation sites is 2. The van der Waals surface area contributed by atoms with E-state index in [2.05, 4.69) is 5.32 Å². The van der Waals surface area contributed by atoms with Gasteiger partial charge in [0.05, 0.1) is 16.2 Å². The van der Waals surface area contributed by atoms with Gasteiger partial charge in [-0.05, 0) is 18.2 Å². The monoisotopic (exact) mass is 273 g/mol. The van der Waals surface area contributed by atoms with Crippen molar-refractivity contribution in [2.45, 2.75) is 0 Å². The Kier molecular flexibility index (Phi) is 3.36. The molecule has 2 aromatic rings. The fourth-order valence-electron chi connectivity index (χ4n) is 1.86. The molecule has 20 heavy (non-hydrogen) atoms. The molecular formula is C13H11N3O4. The molecule has 0 aromatic heterocycles. The van der Waals surface area contributed by atoms with E-state index >= 15 is 0 Å². The lowest BCUT2D eigenvalue weighted by Crippen LogP contribution is -2.10. The molecule has 1 amide bonds. The quantitative estimate of drug-likeness (QED) is 0.611. The van der Waals surface area contributed by atoms with E-state index in [-0.39, 0.29) is 17.4 Å². The summed E-state index contributed by atoms with van der Waals surface area (Å²) in [6, 6.07) is 10.9. The second-order valence-corrected chi connectivity index (χ2v) is 3.99. The van der Waals surface area contributed by atoms with E-state index in [1.807, 2.05) is 0 Å². The number of non-ortho nitro benzene ring substituents is 1. The largest absolute Gasteiger partial charge is 0.454 e. The van der Waals surface area contributed by atoms with Crippen LogP contribution in [0.25, 0.3) is 0 Å². The summed E-state index contributed by atoms with van der Waals surface area (Å²) in [5.74, 6) is 0.375. The number of hydrogen-bond donors (Lipinski definition) is 2. The zero-order chi connectivity index (χ0) is 13.4. The Labute approximate surface area is 113 Å². The van der Waals surface area contributed by atoms with E-state index in [0.717, 1.165) is 0 Å². The maximum absolute atomic E-state index is 12.0. The summed E-state index contributed by atoms with van der Waals surface area (Å²) in [6.45, 7) is 0. The van der Waals surface area contributed by atoms with Gasteiger partial charge in [0.2, 0.25) is 0 Å². The van der Waals surface area contributed by atoms with Crippen molar-refractivity contribution >= 4 is 17.3 Å². The first-order valence-corrected chi connectivity index (χ1v) is 5.52. The van der Waals surface area contributed by atoms with Gasteiger partial charge in [-0.3, -0.25) is 14.9 Å². The molecule has 0 aliphatic carbocycles. The number of carbonyl (C=O) groups is 1. The molecule has 0 unspecified atom stereocenters. The molecule has 2 aromatic carbocycles. The van der Waals surface area contributed by atoms with Gasteiger partial charge in [-0.15, -0.1) is 0 Å². The van der Waals surface area contributed by atoms with E-state index in [9.17, 15) is 14.9 Å². The molecule has 1 heterocycles. The fourth-order valence-corrected chi connectivity index (χ4v) is 1.86. The number of nitrogens with one attached hydrogen (secondary N) is 1. The third-order valence-electron chi connectivity index (χ3n) is 2.77. The molecule has 102 valence electrons. The second-order valence-electron chi connectivity index (χ2n) is 3.99. The van der Waals surface area contributed by atoms with Crippen LogP contribution < -0.4 is 16.2 Å². The van der Waals surface area contributed by atoms with E-state index in [1.165, 1.54) is 18.2 Å². The SMILES string of the molecule is N.O=C1Nc2ccccc2Oc2ccc([N+](=O)[O-])cc21. The van der Waals surface area contributed by atoms with Crippen molar-refractivity contribution in [1.82, 2.24) is 6.15 Å². The third kappa shape index (κ3) is 2.17. The molecule has 0 atom stereocenters. The summed E-state index contributed by atoms with van der Waals surface area (Å²) in [7, 11) is 0. The van der Waals surface area contributed by atoms with Crippen molar-refractivity contribution in [3.8, 4) is 11.5 Å². The smallest absolute Gasteiger partial charge is 0.270 e. The number of benzene rings is 2. The number of carbonyl (C=O) groups excluding carboxylic acids is 1. The van der Waals surface area contributed by atoms with Gasteiger partial charge in [0, 0.05) is 12.1 Å². The Morgan fingerprint density at radius 3 is 2.60 bits per heavy atom. The molecule has 0 fully saturated rings. The zero-order valence-electron chi connectivity index (χ0n) is 10.3. The summed E-state index contributed by atoms with van der Waals surface area (Å²) >= 11 is 0. The van der Waals surface area contributed by atoms with Crippen LogP contribution in [0, 0.1) is 10.1 Å². The van der Waals surface area contributed by atoms with Crippen LogP contribution in [0.1, 0.15) is 10.4 Å². The Hall–Kier alpha value is -2.93. The minimum Gasteiger partial charge on any atom is -0.454 e. The lowest BCUT2D eigenvalue weighted by atomic mass is 10.1. The van der Waals surface area contributed by atoms with Crippen molar-refractivity contribution in [3.05, 3.63) is 58.1 Å². The standard InChI is InChI=1S/C13H8N2O4.H3N/c16-13-9-7-8(15(17)18)5-6-11(9)19-12-4-2-1-3-10(12)14-13;/h1-7H,(H,14,16);1H3. The molecule has 0 radical (unpaired) electrons. The number of nitro benzene ring substituents is 1. The Bertz CT molecular complexity index is 700. The molecule has 1 aliphatic heterocycles. The Morgan fingerprint density at radius 2 is 1.85 bits per heavy atom. The van der Waals surface area contributed by atoms with Crippen LogP contribution in [-0.4, -0.2) is 10.8 Å². The summed E-state index contributed by atoms with van der Waals surface area (Å²) < 4.78 is 5.60. The summed E-state index contributed by atoms with van der Waals surface area (Å²) in [5, 5.41) is 13.4. The molecule has 0 bridgehead atoms. The van der Waals surface area contributed by atoms with Gasteiger partial charge in [-0.25, -0.2) is 0 Å². The van der Waals surface area contributed by atoms with Crippen LogP contribution in [0.5, 0.6) is 11.5 Å². The van der Waals surface area contributed by atoms with Gasteiger partial charge in [0.15, 0.2) is 5.75 Å². The lowest BCUT2D eigenvalue weighted by Gasteiger charge is -2.06. The van der Waals surface area contributed by atoms with E-state index < -0.39 is 10.8 Å². The van der Waals surface area contributed by atoms with E-state index in [1.54, 1.807) is 24.3 Å². The van der Waals surface area contributed by atoms with Crippen LogP contribution >= 0.6 is 0 Å². The van der Waals surface area contributed by atoms with E-state index in [0.29, 0.717) is 17.2 Å². The average Bonchev–Trinajstić information content (AvgIpc) is 2.54. The number of ether oxygens (including phenoxy) is 1. The first-order valence-electron chi connectivity index (χ1n) is 5.52. The predicted molar refractivity (Wildman–Crippen MR) is 72.6 cm³/mol. The van der Waals surface area contributed by atoms with Gasteiger partial charge in [0.1, 0.15) is 5.75 Å². The number of rotatable bonds is 1. The van der Waals surface area contributed by atoms with Gasteiger partial charge < -0.3 is 16.2 Å². The van der Waals surface area contributed by atoms with Gasteiger partial charge >= 0.3 is 0 Å². The zero-order valence-corrected chi connectivity index (χ0v) is 10.3. The molecule has 7 heteroatoms. The van der Waals surface area contributed by atoms with Crippen molar-refractivity contribution in [1.29, 1.82) is 0 Å². The highest BCUT2D eigenvalue weighted by Crippen LogP contribution is 2.36. The summed E-state index contributed by atoms with van der Waals surface area (Å²) in [4.78, 5) is 22.2. The first kappa shape index (κ1) is 13.5. The summed E-state index contributed by atoms with van der Waals surface area (Å²) in [5.41, 5.74) is 0.528. The molecule has 0 saturated heterocycles. The topological polar surface area (TPSA) is 116 Å². The van der Waals surface area contributed by atoms with Crippen molar-refractivity contribution in [2.75, 3.05) is 5.32 Å². The Morgan fingerprint density at radius 1 is 1.10 bits per heavy atom. The van der Waals surface area contributed by atoms with Crippen molar-refractivity contribution < 1.29 is 14.5 Å². The number of nitrogens with zero attached hydrogens (tertiary/aromatic N) is 1. The second kappa shape index (κ2) is 4.98. The summed E-state index contributed by atoms with van der Waals surface area (Å²) in [6.07, 6.45) is 0. The van der Waals surface area contributed by atoms with E-state index in [4.69, 9.17) is 4.74 Å². The number of nitro groups is 1. The molecule has 3 rings (SSSR count). The molecule has 0 saturated carbocycles. The number of hydrogen-bond acceptors (Lipinski definition) is 5. The highest BCUT2D eigenvalue weighted by molar-refractivity contribution is 6.08. The normalized spacial score (nSPS) is 11.9. The maximum atomic E-state index is 12.0. The molecule has 4 N–H and O–H groups in total. The average molecular weight is 273 g/mol. The van der Waals surface area contributed by atoms with Gasteiger partial charge in [-0.1, -0.05) is 12.1 Å². The van der Waals surface area contributed by atoms with Crippen LogP contribution in [0.3, 0.4) is 0 Å². The minimum absolute atomic E-state index is 0. The van der Waals surface area contributed by atoms with Gasteiger partial charge in [-0.2, -0.15) is 0 Å². The minimum atomic E-state index is -0.550. The molecule has 7 nitrogen and oxygen atoms in total. The highest BCUT2D eigenvalue weighted by atomic mass is 16.6. The van der Waals surface area contributed by atoms with Crippen molar-refractivity contribution in [3.63, 3.8) is 0 Å². The van der Waals surface area contributed by atoms with Crippen LogP contribution in [0.2, 0.25) is 0 Å². The molecule has 1 aliphatic rings. The predicted octanol–water partition coefficient (Wildman–Crippen LogP) is 3.11. The number of anilines is 1. The molecular weight excluding hydrogens is 262 g/mol. The first-order chi connectivity index (χ1) is 9.15. The van der Waals surface area contributed by atoms with Crippen LogP contribution in [0.4, 0.5) is 11.4 Å². The van der Waals surface area contributed by atoms with Gasteiger partial charge in [0.25, 0.3) is 11.6 Å². The number of amides is 1. The lowest BCUT2D eigenvalue weighted by molar-refractivity contribution is -0.384. The third-order valence-corrected chi connectivity index (χ3v) is 2.77.